The van der Waals surface area contributed by atoms with Crippen LogP contribution in [0.1, 0.15) is 17.0 Å². The molecule has 3 heterocycles. The van der Waals surface area contributed by atoms with Gasteiger partial charge in [-0.25, -0.2) is 9.97 Å². The zero-order valence-corrected chi connectivity index (χ0v) is 21.4. The van der Waals surface area contributed by atoms with Gasteiger partial charge in [0.25, 0.3) is 0 Å². The van der Waals surface area contributed by atoms with Crippen molar-refractivity contribution in [2.45, 2.75) is 22.9 Å². The van der Waals surface area contributed by atoms with E-state index in [0.717, 1.165) is 21.1 Å². The molecule has 11 heteroatoms. The van der Waals surface area contributed by atoms with E-state index in [1.807, 2.05) is 41.3 Å². The Morgan fingerprint density at radius 1 is 1.16 bits per heavy atom. The third-order valence-electron chi connectivity index (χ3n) is 5.84. The Kier molecular flexibility index (Phi) is 7.70. The van der Waals surface area contributed by atoms with Crippen molar-refractivity contribution in [2.75, 3.05) is 31.6 Å². The largest absolute Gasteiger partial charge is 0.497 e. The molecule has 2 aromatic carbocycles. The first-order valence-electron chi connectivity index (χ1n) is 11.8. The minimum absolute atomic E-state index is 0.0621. The second kappa shape index (κ2) is 11.7. The number of oxazole rings is 1. The highest BCUT2D eigenvalue weighted by Gasteiger charge is 2.27. The first kappa shape index (κ1) is 25.1. The van der Waals surface area contributed by atoms with Crippen molar-refractivity contribution in [1.82, 2.24) is 19.9 Å². The van der Waals surface area contributed by atoms with E-state index in [-0.39, 0.29) is 19.1 Å². The highest BCUT2D eigenvalue weighted by molar-refractivity contribution is 7.99. The number of hydrogen-bond acceptors (Lipinski definition) is 10. The molecule has 0 radical (unpaired) electrons. The van der Waals surface area contributed by atoms with E-state index in [2.05, 4.69) is 16.0 Å². The predicted octanol–water partition coefficient (Wildman–Crippen LogP) is 3.92. The lowest BCUT2D eigenvalue weighted by Gasteiger charge is -2.33. The number of amides is 1. The van der Waals surface area contributed by atoms with Crippen molar-refractivity contribution >= 4 is 23.6 Å². The highest BCUT2D eigenvalue weighted by atomic mass is 32.2. The van der Waals surface area contributed by atoms with E-state index in [1.165, 1.54) is 18.0 Å². The quantitative estimate of drug-likeness (QED) is 0.316. The van der Waals surface area contributed by atoms with Crippen molar-refractivity contribution in [3.63, 3.8) is 0 Å². The smallest absolute Gasteiger partial charge is 0.242 e. The number of carbonyl (C=O) groups is 1. The number of rotatable bonds is 9. The molecule has 0 aliphatic carbocycles. The van der Waals surface area contributed by atoms with E-state index in [0.29, 0.717) is 42.9 Å². The Labute approximate surface area is 223 Å². The zero-order chi connectivity index (χ0) is 26.3. The van der Waals surface area contributed by atoms with Gasteiger partial charge in [0.15, 0.2) is 0 Å². The van der Waals surface area contributed by atoms with Crippen LogP contribution in [0.4, 0.5) is 5.95 Å². The summed E-state index contributed by atoms with van der Waals surface area (Å²) in [6, 6.07) is 17.0. The number of nitriles is 1. The summed E-state index contributed by atoms with van der Waals surface area (Å²) in [5.41, 5.74) is 1.51. The maximum absolute atomic E-state index is 12.8. The van der Waals surface area contributed by atoms with Crippen molar-refractivity contribution in [2.24, 2.45) is 0 Å². The lowest BCUT2D eigenvalue weighted by Crippen LogP contribution is -2.50. The van der Waals surface area contributed by atoms with Crippen LogP contribution in [-0.2, 0) is 17.9 Å². The fourth-order valence-electron chi connectivity index (χ4n) is 3.85. The van der Waals surface area contributed by atoms with Gasteiger partial charge in [-0.3, -0.25) is 4.79 Å². The van der Waals surface area contributed by atoms with Gasteiger partial charge < -0.3 is 23.7 Å². The van der Waals surface area contributed by atoms with Crippen LogP contribution in [0.15, 0.2) is 81.4 Å². The van der Waals surface area contributed by atoms with Crippen molar-refractivity contribution in [1.29, 1.82) is 5.26 Å². The molecule has 0 unspecified atom stereocenters. The Balaban J connectivity index is 1.35. The van der Waals surface area contributed by atoms with Gasteiger partial charge in [0, 0.05) is 18.0 Å². The van der Waals surface area contributed by atoms with Crippen molar-refractivity contribution < 1.29 is 18.7 Å². The van der Waals surface area contributed by atoms with E-state index >= 15 is 0 Å². The molecular weight excluding hydrogens is 504 g/mol. The van der Waals surface area contributed by atoms with Gasteiger partial charge in [-0.15, -0.1) is 0 Å². The van der Waals surface area contributed by atoms with E-state index < -0.39 is 0 Å². The van der Waals surface area contributed by atoms with Gasteiger partial charge in [-0.05, 0) is 42.0 Å². The van der Waals surface area contributed by atoms with Crippen LogP contribution in [0.3, 0.4) is 0 Å². The number of aromatic nitrogens is 3. The van der Waals surface area contributed by atoms with E-state index in [9.17, 15) is 4.79 Å². The van der Waals surface area contributed by atoms with E-state index in [4.69, 9.17) is 24.1 Å². The fraction of sp³-hybridized carbons (Fsp3) is 0.222. The lowest BCUT2D eigenvalue weighted by molar-refractivity contribution is -0.132. The lowest BCUT2D eigenvalue weighted by atomic mass is 10.2. The summed E-state index contributed by atoms with van der Waals surface area (Å²) in [4.78, 5) is 31.3. The first-order valence-corrected chi connectivity index (χ1v) is 12.6. The van der Waals surface area contributed by atoms with Crippen LogP contribution in [-0.4, -0.2) is 52.5 Å². The Morgan fingerprint density at radius 3 is 2.76 bits per heavy atom. The molecule has 1 fully saturated rings. The van der Waals surface area contributed by atoms with Crippen molar-refractivity contribution in [3.8, 4) is 17.7 Å². The second-order valence-electron chi connectivity index (χ2n) is 8.38. The van der Waals surface area contributed by atoms with Crippen molar-refractivity contribution in [3.05, 3.63) is 84.2 Å². The van der Waals surface area contributed by atoms with Crippen LogP contribution in [0, 0.1) is 11.3 Å². The molecule has 2 aromatic heterocycles. The molecule has 1 amide bonds. The molecule has 5 rings (SSSR count). The van der Waals surface area contributed by atoms with Crippen LogP contribution < -0.4 is 14.4 Å². The summed E-state index contributed by atoms with van der Waals surface area (Å²) in [7, 11) is 1.62. The summed E-state index contributed by atoms with van der Waals surface area (Å²) in [5, 5.41) is 9.09. The first-order chi connectivity index (χ1) is 18.6. The monoisotopic (exact) mass is 528 g/mol. The van der Waals surface area contributed by atoms with Crippen LogP contribution in [0.25, 0.3) is 0 Å². The summed E-state index contributed by atoms with van der Waals surface area (Å²) < 4.78 is 16.8. The van der Waals surface area contributed by atoms with Gasteiger partial charge in [0.1, 0.15) is 25.2 Å². The Bertz CT molecular complexity index is 1440. The molecule has 0 N–H and O–H groups in total. The topological polar surface area (TPSA) is 118 Å². The molecule has 1 saturated heterocycles. The standard InChI is InChI=1S/C27H24N6O4S/c1-35-21-4-2-3-20(13-21)18-37-26-23(38-22-7-5-19(14-28)6-8-22)15-30-27(31-26)33-11-10-32(25(34)17-33)16-24-29-9-12-36-24/h2-9,12-13,15H,10-11,16-18H2,1H3. The predicted molar refractivity (Wildman–Crippen MR) is 139 cm³/mol. The number of anilines is 1. The van der Waals surface area contributed by atoms with Gasteiger partial charge in [0.05, 0.1) is 42.6 Å². The number of methoxy groups -OCH3 is 1. The average molecular weight is 529 g/mol. The van der Waals surface area contributed by atoms with Crippen LogP contribution in [0.5, 0.6) is 11.6 Å². The van der Waals surface area contributed by atoms with Gasteiger partial charge >= 0.3 is 0 Å². The summed E-state index contributed by atoms with van der Waals surface area (Å²) >= 11 is 1.44. The molecule has 0 spiro atoms. The summed E-state index contributed by atoms with van der Waals surface area (Å²) in [6.45, 7) is 1.79. The molecule has 0 atom stereocenters. The van der Waals surface area contributed by atoms with E-state index in [1.54, 1.807) is 36.5 Å². The zero-order valence-electron chi connectivity index (χ0n) is 20.6. The highest BCUT2D eigenvalue weighted by Crippen LogP contribution is 2.35. The van der Waals surface area contributed by atoms with Gasteiger partial charge in [0.2, 0.25) is 23.6 Å². The molecule has 38 heavy (non-hydrogen) atoms. The third kappa shape index (κ3) is 6.04. The molecular formula is C27H24N6O4S. The Morgan fingerprint density at radius 2 is 2.03 bits per heavy atom. The maximum Gasteiger partial charge on any atom is 0.242 e. The molecule has 192 valence electrons. The summed E-state index contributed by atoms with van der Waals surface area (Å²) in [6.07, 6.45) is 4.76. The van der Waals surface area contributed by atoms with Gasteiger partial charge in [-0.1, -0.05) is 23.9 Å². The number of carbonyl (C=O) groups excluding carboxylic acids is 1. The molecule has 0 saturated carbocycles. The normalized spacial score (nSPS) is 13.3. The molecule has 10 nitrogen and oxygen atoms in total. The minimum Gasteiger partial charge on any atom is -0.497 e. The molecule has 1 aliphatic rings. The molecule has 0 bridgehead atoms. The minimum atomic E-state index is -0.0621. The van der Waals surface area contributed by atoms with Gasteiger partial charge in [-0.2, -0.15) is 10.2 Å². The number of ether oxygens (including phenoxy) is 2. The number of nitrogens with zero attached hydrogens (tertiary/aromatic N) is 6. The number of piperazine rings is 1. The Hall–Kier alpha value is -4.56. The summed E-state index contributed by atoms with van der Waals surface area (Å²) in [5.74, 6) is 2.00. The SMILES string of the molecule is COc1cccc(COc2nc(N3CCN(Cc4ncco4)C(=O)C3)ncc2Sc2ccc(C#N)cc2)c1. The third-order valence-corrected chi connectivity index (χ3v) is 6.85. The fourth-order valence-corrected chi connectivity index (χ4v) is 4.67. The van der Waals surface area contributed by atoms with Crippen LogP contribution >= 0.6 is 11.8 Å². The second-order valence-corrected chi connectivity index (χ2v) is 9.50. The molecule has 1 aliphatic heterocycles. The molecule has 4 aromatic rings. The number of benzene rings is 2. The maximum atomic E-state index is 12.8. The number of hydrogen-bond donors (Lipinski definition) is 0. The van der Waals surface area contributed by atoms with Crippen LogP contribution in [0.2, 0.25) is 0 Å². The average Bonchev–Trinajstić information content (AvgIpc) is 3.47.